The number of nitrogens with zero attached hydrogens (tertiary/aromatic N) is 3. The molecule has 12 nitrogen and oxygen atoms in total. The minimum atomic E-state index is -1.07. The SMILES string of the molecule is CC(=O)O[C@@H]1[C@@H](OC(C)=O)[C@H](n2cnc3c(=O)[nH]c(NCC(C)C)nc32)O[C@H]1CO. The first-order valence-corrected chi connectivity index (χ1v) is 9.52. The average Bonchev–Trinajstić information content (AvgIpc) is 3.21. The summed E-state index contributed by atoms with van der Waals surface area (Å²) in [5.41, 5.74) is -0.207. The third-order valence-electron chi connectivity index (χ3n) is 4.45. The highest BCUT2D eigenvalue weighted by Gasteiger charge is 2.50. The summed E-state index contributed by atoms with van der Waals surface area (Å²) in [7, 11) is 0. The first-order valence-electron chi connectivity index (χ1n) is 9.52. The molecule has 2 aromatic rings. The lowest BCUT2D eigenvalue weighted by Crippen LogP contribution is -2.40. The predicted octanol–water partition coefficient (Wildman–Crippen LogP) is -0.0594. The number of aromatic amines is 1. The Bertz CT molecular complexity index is 985. The average molecular weight is 423 g/mol. The minimum Gasteiger partial charge on any atom is -0.456 e. The van der Waals surface area contributed by atoms with Crippen LogP contribution < -0.4 is 10.9 Å². The zero-order valence-corrected chi connectivity index (χ0v) is 17.1. The number of aliphatic hydroxyl groups excluding tert-OH is 1. The maximum atomic E-state index is 12.4. The molecule has 1 fully saturated rings. The van der Waals surface area contributed by atoms with Crippen LogP contribution in [-0.2, 0) is 23.8 Å². The molecule has 1 saturated heterocycles. The van der Waals surface area contributed by atoms with Crippen molar-refractivity contribution in [2.24, 2.45) is 5.92 Å². The number of carbonyl (C=O) groups excluding carboxylic acids is 2. The Labute approximate surface area is 171 Å². The van der Waals surface area contributed by atoms with Gasteiger partial charge >= 0.3 is 11.9 Å². The minimum absolute atomic E-state index is 0.0618. The van der Waals surface area contributed by atoms with Crippen LogP contribution in [-0.4, -0.2) is 68.0 Å². The van der Waals surface area contributed by atoms with E-state index in [4.69, 9.17) is 14.2 Å². The maximum Gasteiger partial charge on any atom is 0.303 e. The smallest absolute Gasteiger partial charge is 0.303 e. The van der Waals surface area contributed by atoms with Crippen LogP contribution in [0, 0.1) is 5.92 Å². The molecule has 0 saturated carbocycles. The number of nitrogens with one attached hydrogen (secondary N) is 2. The van der Waals surface area contributed by atoms with Gasteiger partial charge in [-0.05, 0) is 5.92 Å². The highest BCUT2D eigenvalue weighted by atomic mass is 16.6. The van der Waals surface area contributed by atoms with Crippen molar-refractivity contribution < 1.29 is 28.9 Å². The molecule has 0 bridgehead atoms. The van der Waals surface area contributed by atoms with E-state index in [0.29, 0.717) is 12.5 Å². The van der Waals surface area contributed by atoms with E-state index in [9.17, 15) is 19.5 Å². The van der Waals surface area contributed by atoms with Gasteiger partial charge in [0, 0.05) is 20.4 Å². The van der Waals surface area contributed by atoms with Crippen molar-refractivity contribution in [3.8, 4) is 0 Å². The predicted molar refractivity (Wildman–Crippen MR) is 104 cm³/mol. The zero-order chi connectivity index (χ0) is 22.0. The lowest BCUT2D eigenvalue weighted by atomic mass is 10.1. The van der Waals surface area contributed by atoms with Gasteiger partial charge in [0.25, 0.3) is 5.56 Å². The number of aromatic nitrogens is 4. The number of aliphatic hydroxyl groups is 1. The molecule has 0 unspecified atom stereocenters. The topological polar surface area (TPSA) is 158 Å². The molecule has 3 rings (SSSR count). The van der Waals surface area contributed by atoms with Crippen molar-refractivity contribution in [3.05, 3.63) is 16.7 Å². The van der Waals surface area contributed by atoms with E-state index in [2.05, 4.69) is 20.3 Å². The Morgan fingerprint density at radius 1 is 1.30 bits per heavy atom. The van der Waals surface area contributed by atoms with Gasteiger partial charge in [0.05, 0.1) is 12.9 Å². The molecule has 0 spiro atoms. The molecule has 3 heterocycles. The van der Waals surface area contributed by atoms with Gasteiger partial charge in [0.2, 0.25) is 5.95 Å². The molecule has 2 aromatic heterocycles. The van der Waals surface area contributed by atoms with Gasteiger partial charge in [-0.3, -0.25) is 23.9 Å². The van der Waals surface area contributed by atoms with Crippen molar-refractivity contribution in [2.75, 3.05) is 18.5 Å². The van der Waals surface area contributed by atoms with E-state index in [1.807, 2.05) is 13.8 Å². The zero-order valence-electron chi connectivity index (χ0n) is 17.1. The quantitative estimate of drug-likeness (QED) is 0.515. The molecular formula is C18H25N5O7. The molecule has 0 amide bonds. The number of hydrogen-bond donors (Lipinski definition) is 3. The van der Waals surface area contributed by atoms with E-state index in [1.165, 1.54) is 24.7 Å². The van der Waals surface area contributed by atoms with Gasteiger partial charge in [0.15, 0.2) is 29.6 Å². The van der Waals surface area contributed by atoms with Gasteiger partial charge in [-0.25, -0.2) is 4.98 Å². The molecule has 1 aliphatic heterocycles. The van der Waals surface area contributed by atoms with Gasteiger partial charge < -0.3 is 24.6 Å². The highest BCUT2D eigenvalue weighted by molar-refractivity contribution is 5.71. The van der Waals surface area contributed by atoms with E-state index < -0.39 is 48.6 Å². The van der Waals surface area contributed by atoms with Crippen LogP contribution in [0.25, 0.3) is 11.2 Å². The van der Waals surface area contributed by atoms with Crippen LogP contribution in [0.4, 0.5) is 5.95 Å². The number of carbonyl (C=O) groups is 2. The molecule has 3 N–H and O–H groups in total. The fraction of sp³-hybridized carbons (Fsp3) is 0.611. The van der Waals surface area contributed by atoms with Gasteiger partial charge in [-0.15, -0.1) is 0 Å². The normalized spacial score (nSPS) is 23.7. The summed E-state index contributed by atoms with van der Waals surface area (Å²) < 4.78 is 17.8. The number of H-pyrrole nitrogens is 1. The van der Waals surface area contributed by atoms with Crippen LogP contribution in [0.3, 0.4) is 0 Å². The molecule has 0 radical (unpaired) electrons. The molecule has 0 aromatic carbocycles. The Morgan fingerprint density at radius 3 is 2.57 bits per heavy atom. The highest BCUT2D eigenvalue weighted by Crippen LogP contribution is 2.35. The summed E-state index contributed by atoms with van der Waals surface area (Å²) in [5, 5.41) is 12.7. The number of esters is 2. The first-order chi connectivity index (χ1) is 14.2. The number of rotatable bonds is 7. The number of ether oxygens (including phenoxy) is 3. The van der Waals surface area contributed by atoms with Gasteiger partial charge in [-0.1, -0.05) is 13.8 Å². The largest absolute Gasteiger partial charge is 0.456 e. The van der Waals surface area contributed by atoms with Crippen molar-refractivity contribution in [1.82, 2.24) is 19.5 Å². The second-order valence-corrected chi connectivity index (χ2v) is 7.41. The lowest BCUT2D eigenvalue weighted by molar-refractivity contribution is -0.165. The Hall–Kier alpha value is -2.99. The number of fused-ring (bicyclic) bond motifs is 1. The van der Waals surface area contributed by atoms with Crippen molar-refractivity contribution >= 4 is 29.1 Å². The third-order valence-corrected chi connectivity index (χ3v) is 4.45. The number of imidazole rings is 1. The van der Waals surface area contributed by atoms with Crippen LogP contribution in [0.15, 0.2) is 11.1 Å². The fourth-order valence-electron chi connectivity index (χ4n) is 3.23. The summed E-state index contributed by atoms with van der Waals surface area (Å²) in [6.07, 6.45) is -2.76. The Kier molecular flexibility index (Phi) is 6.37. The molecule has 4 atom stereocenters. The molecule has 12 heteroatoms. The lowest BCUT2D eigenvalue weighted by Gasteiger charge is -2.23. The van der Waals surface area contributed by atoms with Crippen LogP contribution in [0.5, 0.6) is 0 Å². The van der Waals surface area contributed by atoms with E-state index in [1.54, 1.807) is 0 Å². The summed E-state index contributed by atoms with van der Waals surface area (Å²) in [6, 6.07) is 0. The van der Waals surface area contributed by atoms with Gasteiger partial charge in [-0.2, -0.15) is 4.98 Å². The van der Waals surface area contributed by atoms with Crippen molar-refractivity contribution in [1.29, 1.82) is 0 Å². The monoisotopic (exact) mass is 423 g/mol. The first kappa shape index (κ1) is 21.7. The number of anilines is 1. The summed E-state index contributed by atoms with van der Waals surface area (Å²) in [4.78, 5) is 46.7. The molecular weight excluding hydrogens is 398 g/mol. The Balaban J connectivity index is 2.04. The molecule has 164 valence electrons. The number of hydrogen-bond acceptors (Lipinski definition) is 10. The summed E-state index contributed by atoms with van der Waals surface area (Å²) in [6.45, 7) is 6.53. The molecule has 1 aliphatic rings. The van der Waals surface area contributed by atoms with Crippen LogP contribution in [0.2, 0.25) is 0 Å². The van der Waals surface area contributed by atoms with E-state index >= 15 is 0 Å². The molecule has 0 aliphatic carbocycles. The van der Waals surface area contributed by atoms with Crippen LogP contribution >= 0.6 is 0 Å². The Morgan fingerprint density at radius 2 is 1.97 bits per heavy atom. The molecule has 30 heavy (non-hydrogen) atoms. The third kappa shape index (κ3) is 4.44. The van der Waals surface area contributed by atoms with Crippen molar-refractivity contribution in [3.63, 3.8) is 0 Å². The van der Waals surface area contributed by atoms with Crippen LogP contribution in [0.1, 0.15) is 33.9 Å². The fourth-order valence-corrected chi connectivity index (χ4v) is 3.23. The summed E-state index contributed by atoms with van der Waals surface area (Å²) >= 11 is 0. The maximum absolute atomic E-state index is 12.4. The van der Waals surface area contributed by atoms with Crippen molar-refractivity contribution in [2.45, 2.75) is 52.2 Å². The van der Waals surface area contributed by atoms with E-state index in [0.717, 1.165) is 0 Å². The summed E-state index contributed by atoms with van der Waals surface area (Å²) in [5.74, 6) is -0.679. The second kappa shape index (κ2) is 8.79. The standard InChI is InChI=1S/C18H25N5O7/c1-8(2)5-19-18-21-15-12(16(27)22-18)20-7-23(15)17-14(29-10(4)26)13(28-9(3)25)11(6-24)30-17/h7-8,11,13-14,17,24H,5-6H2,1-4H3,(H2,19,21,22,27)/t11-,13-,14+,17+/m0/s1. The van der Waals surface area contributed by atoms with E-state index in [-0.39, 0.29) is 17.1 Å². The van der Waals surface area contributed by atoms with Gasteiger partial charge in [0.1, 0.15) is 6.10 Å². The second-order valence-electron chi connectivity index (χ2n) is 7.41.